The second-order valence-electron chi connectivity index (χ2n) is 2.43. The summed E-state index contributed by atoms with van der Waals surface area (Å²) in [5.74, 6) is -0.668. The van der Waals surface area contributed by atoms with Gasteiger partial charge in [0.05, 0.1) is 22.5 Å². The lowest BCUT2D eigenvalue weighted by atomic mass is 10.2. The Hall–Kier alpha value is -1.69. The molecule has 6 heteroatoms. The van der Waals surface area contributed by atoms with Gasteiger partial charge in [-0.05, 0) is 6.07 Å². The SMILES string of the molecule is COC(=O)c1cc([N+](=O)[O-])ccc1[S]. The zero-order valence-electron chi connectivity index (χ0n) is 7.22. The third kappa shape index (κ3) is 1.97. The molecule has 0 heterocycles. The highest BCUT2D eigenvalue weighted by molar-refractivity contribution is 7.80. The Morgan fingerprint density at radius 2 is 2.21 bits per heavy atom. The molecule has 14 heavy (non-hydrogen) atoms. The predicted molar refractivity (Wildman–Crippen MR) is 50.3 cm³/mol. The summed E-state index contributed by atoms with van der Waals surface area (Å²) in [6.07, 6.45) is 0. The number of carbonyl (C=O) groups is 1. The first-order valence-electron chi connectivity index (χ1n) is 3.60. The second-order valence-corrected chi connectivity index (χ2v) is 2.87. The summed E-state index contributed by atoms with van der Waals surface area (Å²) < 4.78 is 4.42. The van der Waals surface area contributed by atoms with Crippen molar-refractivity contribution in [3.05, 3.63) is 33.9 Å². The van der Waals surface area contributed by atoms with Crippen LogP contribution in [-0.2, 0) is 4.74 Å². The number of nitrogens with zero attached hydrogens (tertiary/aromatic N) is 1. The van der Waals surface area contributed by atoms with Crippen LogP contribution in [0.25, 0.3) is 0 Å². The van der Waals surface area contributed by atoms with E-state index < -0.39 is 10.9 Å². The summed E-state index contributed by atoms with van der Waals surface area (Å²) >= 11 is 4.82. The van der Waals surface area contributed by atoms with Crippen LogP contribution < -0.4 is 0 Å². The van der Waals surface area contributed by atoms with Crippen LogP contribution in [0.4, 0.5) is 5.69 Å². The Bertz CT molecular complexity index is 391. The number of benzene rings is 1. The molecule has 0 amide bonds. The van der Waals surface area contributed by atoms with Crippen molar-refractivity contribution >= 4 is 24.3 Å². The van der Waals surface area contributed by atoms with Crippen LogP contribution in [0.2, 0.25) is 0 Å². The molecule has 1 aromatic rings. The Labute approximate surface area is 85.2 Å². The highest BCUT2D eigenvalue weighted by Crippen LogP contribution is 2.21. The standard InChI is InChI=1S/C8H6NO4S/c1-13-8(10)6-4-5(9(11)12)2-3-7(6)14/h2-4H,1H3. The van der Waals surface area contributed by atoms with Gasteiger partial charge in [-0.1, -0.05) is 12.6 Å². The lowest BCUT2D eigenvalue weighted by Crippen LogP contribution is -2.03. The van der Waals surface area contributed by atoms with Crippen molar-refractivity contribution in [2.24, 2.45) is 0 Å². The summed E-state index contributed by atoms with van der Waals surface area (Å²) in [6, 6.07) is 3.68. The average molecular weight is 212 g/mol. The molecule has 5 nitrogen and oxygen atoms in total. The van der Waals surface area contributed by atoms with Crippen molar-refractivity contribution in [2.75, 3.05) is 7.11 Å². The molecule has 1 rings (SSSR count). The molecule has 0 fully saturated rings. The van der Waals surface area contributed by atoms with E-state index >= 15 is 0 Å². The summed E-state index contributed by atoms with van der Waals surface area (Å²) in [4.78, 5) is 21.1. The second kappa shape index (κ2) is 4.01. The number of hydrogen-bond donors (Lipinski definition) is 0. The van der Waals surface area contributed by atoms with E-state index in [2.05, 4.69) is 4.74 Å². The van der Waals surface area contributed by atoms with Crippen molar-refractivity contribution in [3.63, 3.8) is 0 Å². The van der Waals surface area contributed by atoms with E-state index in [1.54, 1.807) is 0 Å². The predicted octanol–water partition coefficient (Wildman–Crippen LogP) is 1.94. The molecule has 0 N–H and O–H groups in total. The Morgan fingerprint density at radius 3 is 2.71 bits per heavy atom. The number of esters is 1. The van der Waals surface area contributed by atoms with Crippen LogP contribution in [0.15, 0.2) is 23.1 Å². The Kier molecular flexibility index (Phi) is 2.98. The van der Waals surface area contributed by atoms with Crippen LogP contribution in [-0.4, -0.2) is 18.0 Å². The minimum absolute atomic E-state index is 0.0386. The number of nitro groups is 1. The normalized spacial score (nSPS) is 9.50. The lowest BCUT2D eigenvalue weighted by molar-refractivity contribution is -0.384. The smallest absolute Gasteiger partial charge is 0.339 e. The maximum absolute atomic E-state index is 11.1. The third-order valence-corrected chi connectivity index (χ3v) is 1.94. The van der Waals surface area contributed by atoms with E-state index in [4.69, 9.17) is 12.6 Å². The highest BCUT2D eigenvalue weighted by Gasteiger charge is 2.15. The van der Waals surface area contributed by atoms with E-state index in [0.29, 0.717) is 0 Å². The molecule has 1 radical (unpaired) electrons. The van der Waals surface area contributed by atoms with Crippen molar-refractivity contribution in [1.82, 2.24) is 0 Å². The maximum atomic E-state index is 11.1. The molecule has 0 aliphatic rings. The number of nitro benzene ring substituents is 1. The van der Waals surface area contributed by atoms with Gasteiger partial charge in [-0.2, -0.15) is 0 Å². The van der Waals surface area contributed by atoms with Gasteiger partial charge >= 0.3 is 5.97 Å². The lowest BCUT2D eigenvalue weighted by Gasteiger charge is -2.00. The van der Waals surface area contributed by atoms with Crippen molar-refractivity contribution in [1.29, 1.82) is 0 Å². The van der Waals surface area contributed by atoms with Crippen molar-refractivity contribution < 1.29 is 14.5 Å². The van der Waals surface area contributed by atoms with Gasteiger partial charge in [-0.15, -0.1) is 0 Å². The fraction of sp³-hybridized carbons (Fsp3) is 0.125. The molecule has 0 atom stereocenters. The van der Waals surface area contributed by atoms with E-state index in [9.17, 15) is 14.9 Å². The van der Waals surface area contributed by atoms with E-state index in [1.165, 1.54) is 19.2 Å². The topological polar surface area (TPSA) is 69.4 Å². The Morgan fingerprint density at radius 1 is 1.57 bits per heavy atom. The van der Waals surface area contributed by atoms with Crippen molar-refractivity contribution in [3.8, 4) is 0 Å². The average Bonchev–Trinajstić information content (AvgIpc) is 2.17. The molecule has 0 bridgehead atoms. The summed E-state index contributed by atoms with van der Waals surface area (Å²) in [5, 5.41) is 10.4. The first-order chi connectivity index (χ1) is 6.56. The number of non-ortho nitro benzene ring substituents is 1. The largest absolute Gasteiger partial charge is 0.465 e. The minimum Gasteiger partial charge on any atom is -0.465 e. The zero-order valence-corrected chi connectivity index (χ0v) is 8.04. The van der Waals surface area contributed by atoms with Gasteiger partial charge in [0.1, 0.15) is 0 Å². The van der Waals surface area contributed by atoms with Gasteiger partial charge in [-0.25, -0.2) is 4.79 Å². The molecule has 0 aliphatic carbocycles. The molecular weight excluding hydrogens is 206 g/mol. The molecule has 0 saturated carbocycles. The van der Waals surface area contributed by atoms with Crippen LogP contribution >= 0.6 is 12.6 Å². The number of rotatable bonds is 2. The molecule has 1 aromatic carbocycles. The molecule has 0 unspecified atom stereocenters. The van der Waals surface area contributed by atoms with Crippen LogP contribution in [0.1, 0.15) is 10.4 Å². The van der Waals surface area contributed by atoms with E-state index in [1.807, 2.05) is 0 Å². The van der Waals surface area contributed by atoms with Crippen LogP contribution in [0, 0.1) is 10.1 Å². The van der Waals surface area contributed by atoms with Gasteiger partial charge in [0, 0.05) is 12.1 Å². The molecule has 0 spiro atoms. The summed E-state index contributed by atoms with van der Waals surface area (Å²) in [5.41, 5.74) is -0.143. The monoisotopic (exact) mass is 212 g/mol. The minimum atomic E-state index is -0.668. The Balaban J connectivity index is 3.21. The number of ether oxygens (including phenoxy) is 1. The van der Waals surface area contributed by atoms with Gasteiger partial charge in [-0.3, -0.25) is 10.1 Å². The maximum Gasteiger partial charge on any atom is 0.339 e. The zero-order chi connectivity index (χ0) is 10.7. The van der Waals surface area contributed by atoms with Gasteiger partial charge < -0.3 is 4.74 Å². The molecular formula is C8H6NO4S. The molecule has 0 aliphatic heterocycles. The first kappa shape index (κ1) is 10.4. The van der Waals surface area contributed by atoms with Gasteiger partial charge in [0.15, 0.2) is 0 Å². The first-order valence-corrected chi connectivity index (χ1v) is 4.01. The van der Waals surface area contributed by atoms with Crippen LogP contribution in [0.5, 0.6) is 0 Å². The van der Waals surface area contributed by atoms with Crippen molar-refractivity contribution in [2.45, 2.75) is 4.90 Å². The van der Waals surface area contributed by atoms with Gasteiger partial charge in [0.25, 0.3) is 5.69 Å². The molecule has 0 saturated heterocycles. The van der Waals surface area contributed by atoms with Crippen LogP contribution in [0.3, 0.4) is 0 Å². The summed E-state index contributed by atoms with van der Waals surface area (Å²) in [6.45, 7) is 0. The third-order valence-electron chi connectivity index (χ3n) is 1.58. The number of hydrogen-bond acceptors (Lipinski definition) is 4. The fourth-order valence-electron chi connectivity index (χ4n) is 0.901. The fourth-order valence-corrected chi connectivity index (χ4v) is 1.11. The number of carbonyl (C=O) groups excluding carboxylic acids is 1. The van der Waals surface area contributed by atoms with E-state index in [0.717, 1.165) is 6.07 Å². The van der Waals surface area contributed by atoms with Gasteiger partial charge in [0.2, 0.25) is 0 Å². The highest BCUT2D eigenvalue weighted by atomic mass is 32.1. The quantitative estimate of drug-likeness (QED) is 0.426. The molecule has 73 valence electrons. The summed E-state index contributed by atoms with van der Waals surface area (Å²) in [7, 11) is 1.19. The molecule has 0 aromatic heterocycles. The number of methoxy groups -OCH3 is 1. The van der Waals surface area contributed by atoms with E-state index in [-0.39, 0.29) is 16.1 Å².